The predicted molar refractivity (Wildman–Crippen MR) is 55.8 cm³/mol. The summed E-state index contributed by atoms with van der Waals surface area (Å²) in [7, 11) is -3.39. The Kier molecular flexibility index (Phi) is 6.14. The molecular weight excluding hydrogens is 257 g/mol. The number of ether oxygens (including phenoxy) is 1. The molecule has 1 aromatic rings. The van der Waals surface area contributed by atoms with Crippen LogP contribution in [-0.4, -0.2) is 26.0 Å². The Bertz CT molecular complexity index is 514. The number of nitrogens with one attached hydrogen (secondary N) is 1. The molecule has 0 heterocycles. The van der Waals surface area contributed by atoms with Crippen molar-refractivity contribution in [2.24, 2.45) is 0 Å². The van der Waals surface area contributed by atoms with Crippen LogP contribution in [0, 0.1) is 6.92 Å². The third-order valence-corrected chi connectivity index (χ3v) is 2.36. The van der Waals surface area contributed by atoms with E-state index in [2.05, 4.69) is 4.74 Å². The summed E-state index contributed by atoms with van der Waals surface area (Å²) >= 11 is 0. The van der Waals surface area contributed by atoms with Crippen LogP contribution in [0.5, 0.6) is 0 Å². The summed E-state index contributed by atoms with van der Waals surface area (Å²) in [6.07, 6.45) is 0. The average Bonchev–Trinajstić information content (AvgIpc) is 2.18. The number of esters is 1. The number of methoxy groups -OCH3 is 1. The second-order valence-electron chi connectivity index (χ2n) is 3.08. The van der Waals surface area contributed by atoms with Gasteiger partial charge < -0.3 is 9.29 Å². The molecule has 1 N–H and O–H groups in total. The quantitative estimate of drug-likeness (QED) is 0.376. The minimum absolute atomic E-state index is 0. The van der Waals surface area contributed by atoms with Gasteiger partial charge in [-0.1, -0.05) is 6.07 Å². The number of hydrogen-bond acceptors (Lipinski definition) is 5. The summed E-state index contributed by atoms with van der Waals surface area (Å²) in [5.74, 6) is -0.605. The molecule has 0 saturated heterocycles. The van der Waals surface area contributed by atoms with Crippen molar-refractivity contribution in [1.29, 1.82) is 0 Å². The van der Waals surface area contributed by atoms with Crippen LogP contribution in [0.15, 0.2) is 18.2 Å². The molecule has 1 rings (SSSR count). The maximum atomic E-state index is 11.2. The monoisotopic (exact) mass is 267 g/mol. The van der Waals surface area contributed by atoms with Crippen LogP contribution in [0.25, 0.3) is 0 Å². The number of hydrogen-bond donors (Lipinski definition) is 1. The first-order chi connectivity index (χ1) is 7.33. The van der Waals surface area contributed by atoms with Gasteiger partial charge in [0.05, 0.1) is 18.4 Å². The van der Waals surface area contributed by atoms with Gasteiger partial charge in [-0.15, -0.1) is 0 Å². The molecule has 6 nitrogen and oxygen atoms in total. The molecule has 0 spiro atoms. The van der Waals surface area contributed by atoms with Crippen molar-refractivity contribution < 1.29 is 52.1 Å². The molecule has 17 heavy (non-hydrogen) atoms. The third kappa shape index (κ3) is 5.05. The van der Waals surface area contributed by atoms with Gasteiger partial charge in [0.15, 0.2) is 10.3 Å². The van der Waals surface area contributed by atoms with Crippen LogP contribution in [0.3, 0.4) is 0 Å². The Morgan fingerprint density at radius 2 is 2.00 bits per heavy atom. The number of benzene rings is 1. The van der Waals surface area contributed by atoms with Gasteiger partial charge in [0.1, 0.15) is 0 Å². The van der Waals surface area contributed by atoms with Crippen LogP contribution in [0.4, 0.5) is 5.69 Å². The van der Waals surface area contributed by atoms with Gasteiger partial charge in [0.2, 0.25) is 0 Å². The maximum absolute atomic E-state index is 11.2. The smallest absolute Gasteiger partial charge is 0.731 e. The van der Waals surface area contributed by atoms with Gasteiger partial charge >= 0.3 is 35.5 Å². The Morgan fingerprint density at radius 3 is 2.47 bits per heavy atom. The van der Waals surface area contributed by atoms with Crippen molar-refractivity contribution in [2.75, 3.05) is 11.8 Å². The van der Waals surface area contributed by atoms with Crippen molar-refractivity contribution >= 4 is 22.0 Å². The Balaban J connectivity index is 0.00000256. The maximum Gasteiger partial charge on any atom is 1.00 e. The van der Waals surface area contributed by atoms with Gasteiger partial charge in [-0.2, -0.15) is 0 Å². The van der Waals surface area contributed by atoms with E-state index in [9.17, 15) is 17.8 Å². The summed E-state index contributed by atoms with van der Waals surface area (Å²) in [4.78, 5) is 11.2. The molecule has 88 valence electrons. The second kappa shape index (κ2) is 6.36. The van der Waals surface area contributed by atoms with Crippen LogP contribution >= 0.6 is 0 Å². The van der Waals surface area contributed by atoms with Gasteiger partial charge in [-0.25, -0.2) is 13.2 Å². The third-order valence-electron chi connectivity index (χ3n) is 1.89. The molecule has 0 amide bonds. The first kappa shape index (κ1) is 16.4. The molecule has 1 aromatic carbocycles. The van der Waals surface area contributed by atoms with E-state index in [4.69, 9.17) is 0 Å². The van der Waals surface area contributed by atoms with Crippen LogP contribution < -0.4 is 34.3 Å². The molecule has 0 bridgehead atoms. The molecular formula is C9H10NNaO5S. The molecule has 0 aliphatic carbocycles. The number of carbonyl (C=O) groups excluding carboxylic acids is 1. The first-order valence-corrected chi connectivity index (χ1v) is 5.67. The number of aryl methyl sites for hydroxylation is 1. The Hall–Kier alpha value is -0.600. The standard InChI is InChI=1S/C9H11NO5S.Na/c1-6-3-4-7(9(11)15-2)5-8(6)10-16(12,13)14;/h3-5,10H,1-2H3,(H,12,13,14);/q;+1/p-1. The molecule has 0 aliphatic rings. The van der Waals surface area contributed by atoms with Crippen molar-refractivity contribution in [3.05, 3.63) is 29.3 Å². The van der Waals surface area contributed by atoms with Crippen LogP contribution in [-0.2, 0) is 15.0 Å². The molecule has 0 fully saturated rings. The van der Waals surface area contributed by atoms with Gasteiger partial charge in [-0.3, -0.25) is 4.72 Å². The van der Waals surface area contributed by atoms with E-state index in [1.165, 1.54) is 25.3 Å². The van der Waals surface area contributed by atoms with E-state index in [0.29, 0.717) is 5.56 Å². The number of rotatable bonds is 3. The van der Waals surface area contributed by atoms with E-state index in [1.807, 2.05) is 0 Å². The summed E-state index contributed by atoms with van der Waals surface area (Å²) in [5.41, 5.74) is 0.768. The predicted octanol–water partition coefficient (Wildman–Crippen LogP) is -2.34. The summed E-state index contributed by atoms with van der Waals surface area (Å²) in [6.45, 7) is 1.61. The molecule has 0 aromatic heterocycles. The normalized spacial score (nSPS) is 10.3. The molecule has 8 heteroatoms. The topological polar surface area (TPSA) is 95.5 Å². The summed E-state index contributed by atoms with van der Waals surface area (Å²) in [5, 5.41) is 0. The van der Waals surface area contributed by atoms with Crippen LogP contribution in [0.1, 0.15) is 15.9 Å². The first-order valence-electron chi connectivity index (χ1n) is 4.26. The van der Waals surface area contributed by atoms with Gasteiger partial charge in [0.25, 0.3) is 0 Å². The van der Waals surface area contributed by atoms with Crippen molar-refractivity contribution in [1.82, 2.24) is 0 Å². The van der Waals surface area contributed by atoms with Gasteiger partial charge in [-0.05, 0) is 24.6 Å². The van der Waals surface area contributed by atoms with Crippen molar-refractivity contribution in [3.63, 3.8) is 0 Å². The summed E-state index contributed by atoms with van der Waals surface area (Å²) < 4.78 is 37.8. The minimum Gasteiger partial charge on any atom is -0.731 e. The zero-order valence-corrected chi connectivity index (χ0v) is 12.5. The molecule has 0 unspecified atom stereocenters. The molecule has 0 atom stereocenters. The zero-order chi connectivity index (χ0) is 12.3. The number of anilines is 1. The fourth-order valence-corrected chi connectivity index (χ4v) is 1.60. The van der Waals surface area contributed by atoms with E-state index in [-0.39, 0.29) is 40.8 Å². The number of carbonyl (C=O) groups is 1. The van der Waals surface area contributed by atoms with E-state index in [0.717, 1.165) is 0 Å². The van der Waals surface area contributed by atoms with E-state index in [1.54, 1.807) is 11.6 Å². The largest absolute Gasteiger partial charge is 1.00 e. The van der Waals surface area contributed by atoms with E-state index < -0.39 is 16.3 Å². The van der Waals surface area contributed by atoms with Gasteiger partial charge in [0, 0.05) is 0 Å². The fourth-order valence-electron chi connectivity index (χ4n) is 1.11. The Labute approximate surface area is 122 Å². The second-order valence-corrected chi connectivity index (χ2v) is 4.19. The van der Waals surface area contributed by atoms with Crippen LogP contribution in [0.2, 0.25) is 0 Å². The summed E-state index contributed by atoms with van der Waals surface area (Å²) in [6, 6.07) is 4.24. The average molecular weight is 267 g/mol. The minimum atomic E-state index is -4.60. The van der Waals surface area contributed by atoms with Crippen molar-refractivity contribution in [3.8, 4) is 0 Å². The van der Waals surface area contributed by atoms with E-state index >= 15 is 0 Å². The van der Waals surface area contributed by atoms with Crippen molar-refractivity contribution in [2.45, 2.75) is 6.92 Å². The Morgan fingerprint density at radius 1 is 1.41 bits per heavy atom. The molecule has 0 saturated carbocycles. The SMILES string of the molecule is COC(=O)c1ccc(C)c(NS(=O)(=O)[O-])c1.[Na+]. The molecule has 0 aliphatic heterocycles. The molecule has 0 radical (unpaired) electrons. The zero-order valence-electron chi connectivity index (χ0n) is 9.68. The fraction of sp³-hybridized carbons (Fsp3) is 0.222.